The molecule has 30 heavy (non-hydrogen) atoms. The Kier molecular flexibility index (Phi) is 8.42. The third-order valence-electron chi connectivity index (χ3n) is 4.25. The molecular weight excluding hydrogens is 380 g/mol. The predicted molar refractivity (Wildman–Crippen MR) is 118 cm³/mol. The van der Waals surface area contributed by atoms with Crippen molar-refractivity contribution < 1.29 is 19.1 Å². The first-order valence-corrected chi connectivity index (χ1v) is 10.2. The van der Waals surface area contributed by atoms with Gasteiger partial charge in [0.25, 0.3) is 0 Å². The molecule has 0 saturated heterocycles. The van der Waals surface area contributed by atoms with Gasteiger partial charge in [0, 0.05) is 5.69 Å². The molecule has 2 N–H and O–H groups in total. The van der Waals surface area contributed by atoms with E-state index in [-0.39, 0.29) is 12.5 Å². The minimum atomic E-state index is -0.895. The molecule has 162 valence electrons. The van der Waals surface area contributed by atoms with Crippen molar-refractivity contribution in [1.29, 1.82) is 0 Å². The van der Waals surface area contributed by atoms with Crippen molar-refractivity contribution in [3.05, 3.63) is 65.7 Å². The van der Waals surface area contributed by atoms with Crippen LogP contribution < -0.4 is 10.6 Å². The van der Waals surface area contributed by atoms with Crippen molar-refractivity contribution >= 4 is 17.7 Å². The number of alkyl carbamates (subject to hydrolysis) is 1. The van der Waals surface area contributed by atoms with Crippen LogP contribution in [0.2, 0.25) is 0 Å². The number of hydrogen-bond acceptors (Lipinski definition) is 4. The molecule has 0 heterocycles. The smallest absolute Gasteiger partial charge is 0.408 e. The lowest BCUT2D eigenvalue weighted by molar-refractivity contribution is -0.119. The lowest BCUT2D eigenvalue weighted by Gasteiger charge is -2.23. The molecule has 6 nitrogen and oxygen atoms in total. The molecule has 2 amide bonds. The van der Waals surface area contributed by atoms with Crippen LogP contribution in [0.3, 0.4) is 0 Å². The largest absolute Gasteiger partial charge is 0.444 e. The molecule has 0 aliphatic heterocycles. The lowest BCUT2D eigenvalue weighted by Crippen LogP contribution is -2.48. The highest BCUT2D eigenvalue weighted by atomic mass is 16.6. The summed E-state index contributed by atoms with van der Waals surface area (Å²) < 4.78 is 11.0. The van der Waals surface area contributed by atoms with Gasteiger partial charge in [-0.15, -0.1) is 0 Å². The predicted octanol–water partition coefficient (Wildman–Crippen LogP) is 4.86. The number of carbonyl (C=O) groups excluding carboxylic acids is 2. The first kappa shape index (κ1) is 23.4. The van der Waals surface area contributed by atoms with Crippen LogP contribution in [-0.4, -0.2) is 30.3 Å². The monoisotopic (exact) mass is 412 g/mol. The van der Waals surface area contributed by atoms with Crippen molar-refractivity contribution in [2.75, 3.05) is 11.9 Å². The van der Waals surface area contributed by atoms with Gasteiger partial charge in [0.15, 0.2) is 0 Å². The van der Waals surface area contributed by atoms with Gasteiger partial charge in [-0.1, -0.05) is 56.3 Å². The van der Waals surface area contributed by atoms with Gasteiger partial charge in [0.2, 0.25) is 5.91 Å². The Hall–Kier alpha value is -2.86. The topological polar surface area (TPSA) is 76.7 Å². The number of carbonyl (C=O) groups is 2. The minimum absolute atomic E-state index is 0.0179. The number of rotatable bonds is 8. The zero-order valence-corrected chi connectivity index (χ0v) is 18.4. The van der Waals surface area contributed by atoms with Gasteiger partial charge in [-0.2, -0.15) is 0 Å². The summed E-state index contributed by atoms with van der Waals surface area (Å²) in [5.74, 6) is 0.0361. The van der Waals surface area contributed by atoms with Crippen LogP contribution in [-0.2, 0) is 20.9 Å². The van der Waals surface area contributed by atoms with Gasteiger partial charge in [-0.05, 0) is 49.9 Å². The van der Waals surface area contributed by atoms with Crippen molar-refractivity contribution in [2.24, 2.45) is 0 Å². The molecule has 6 heteroatoms. The van der Waals surface area contributed by atoms with E-state index in [0.717, 1.165) is 5.56 Å². The van der Waals surface area contributed by atoms with Crippen molar-refractivity contribution in [2.45, 2.75) is 58.8 Å². The third-order valence-corrected chi connectivity index (χ3v) is 4.25. The number of anilines is 1. The Morgan fingerprint density at radius 2 is 1.60 bits per heavy atom. The fourth-order valence-electron chi connectivity index (χ4n) is 2.68. The Labute approximate surface area is 179 Å². The number of amides is 2. The van der Waals surface area contributed by atoms with Crippen molar-refractivity contribution in [3.63, 3.8) is 0 Å². The molecule has 0 aliphatic carbocycles. The molecule has 0 aromatic heterocycles. The first-order chi connectivity index (χ1) is 14.1. The second-order valence-corrected chi connectivity index (χ2v) is 8.47. The number of nitrogens with one attached hydrogen (secondary N) is 2. The maximum atomic E-state index is 12.8. The molecule has 0 saturated carbocycles. The Morgan fingerprint density at radius 3 is 2.17 bits per heavy atom. The van der Waals surface area contributed by atoms with E-state index in [2.05, 4.69) is 24.5 Å². The van der Waals surface area contributed by atoms with Gasteiger partial charge in [0.1, 0.15) is 11.6 Å². The van der Waals surface area contributed by atoms with Gasteiger partial charge >= 0.3 is 6.09 Å². The van der Waals surface area contributed by atoms with Crippen LogP contribution in [0.5, 0.6) is 0 Å². The van der Waals surface area contributed by atoms with E-state index in [9.17, 15) is 9.59 Å². The van der Waals surface area contributed by atoms with Crippen LogP contribution in [0.15, 0.2) is 54.6 Å². The zero-order chi connectivity index (χ0) is 22.1. The normalized spacial score (nSPS) is 12.3. The van der Waals surface area contributed by atoms with Crippen LogP contribution in [0.4, 0.5) is 10.5 Å². The number of benzene rings is 2. The molecule has 2 aromatic carbocycles. The van der Waals surface area contributed by atoms with E-state index in [4.69, 9.17) is 9.47 Å². The number of hydrogen-bond donors (Lipinski definition) is 2. The summed E-state index contributed by atoms with van der Waals surface area (Å²) in [7, 11) is 0. The van der Waals surface area contributed by atoms with E-state index in [0.29, 0.717) is 18.2 Å². The minimum Gasteiger partial charge on any atom is -0.444 e. The van der Waals surface area contributed by atoms with Crippen molar-refractivity contribution in [3.8, 4) is 0 Å². The van der Waals surface area contributed by atoms with E-state index >= 15 is 0 Å². The molecule has 0 bridgehead atoms. The SMILES string of the molecule is CC(C)c1ccc(NC(=O)[C@H](COCc2ccccc2)NC(=O)OC(C)(C)C)cc1. The van der Waals surface area contributed by atoms with Crippen LogP contribution in [0, 0.1) is 0 Å². The molecule has 1 atom stereocenters. The summed E-state index contributed by atoms with van der Waals surface area (Å²) in [6, 6.07) is 16.4. The first-order valence-electron chi connectivity index (χ1n) is 10.2. The average molecular weight is 413 g/mol. The van der Waals surface area contributed by atoms with E-state index < -0.39 is 17.7 Å². The van der Waals surface area contributed by atoms with Crippen LogP contribution in [0.1, 0.15) is 51.7 Å². The second-order valence-electron chi connectivity index (χ2n) is 8.47. The highest BCUT2D eigenvalue weighted by molar-refractivity contribution is 5.96. The van der Waals surface area contributed by atoms with E-state index in [1.807, 2.05) is 54.6 Å². The summed E-state index contributed by atoms with van der Waals surface area (Å²) in [4.78, 5) is 25.0. The molecule has 2 aromatic rings. The second kappa shape index (κ2) is 10.8. The maximum absolute atomic E-state index is 12.8. The molecule has 2 rings (SSSR count). The van der Waals surface area contributed by atoms with Gasteiger partial charge < -0.3 is 20.1 Å². The summed E-state index contributed by atoms with van der Waals surface area (Å²) in [6.45, 7) is 9.88. The highest BCUT2D eigenvalue weighted by Gasteiger charge is 2.25. The summed E-state index contributed by atoms with van der Waals surface area (Å²) in [5.41, 5.74) is 2.16. The van der Waals surface area contributed by atoms with Crippen LogP contribution >= 0.6 is 0 Å². The Bertz CT molecular complexity index is 811. The van der Waals surface area contributed by atoms with Gasteiger partial charge in [0.05, 0.1) is 13.2 Å². The van der Waals surface area contributed by atoms with Gasteiger partial charge in [-0.3, -0.25) is 4.79 Å². The maximum Gasteiger partial charge on any atom is 0.408 e. The summed E-state index contributed by atoms with van der Waals surface area (Å²) >= 11 is 0. The highest BCUT2D eigenvalue weighted by Crippen LogP contribution is 2.17. The lowest BCUT2D eigenvalue weighted by atomic mass is 10.0. The fraction of sp³-hybridized carbons (Fsp3) is 0.417. The van der Waals surface area contributed by atoms with E-state index in [1.165, 1.54) is 5.56 Å². The quantitative estimate of drug-likeness (QED) is 0.649. The molecule has 0 unspecified atom stereocenters. The Balaban J connectivity index is 2.02. The molecule has 0 aliphatic rings. The molecule has 0 spiro atoms. The van der Waals surface area contributed by atoms with Crippen LogP contribution in [0.25, 0.3) is 0 Å². The fourth-order valence-corrected chi connectivity index (χ4v) is 2.68. The summed E-state index contributed by atoms with van der Waals surface area (Å²) in [5, 5.41) is 5.45. The van der Waals surface area contributed by atoms with Gasteiger partial charge in [-0.25, -0.2) is 4.79 Å². The van der Waals surface area contributed by atoms with E-state index in [1.54, 1.807) is 20.8 Å². The summed E-state index contributed by atoms with van der Waals surface area (Å²) in [6.07, 6.45) is -0.666. The number of ether oxygens (including phenoxy) is 2. The third kappa shape index (κ3) is 8.25. The standard InChI is InChI=1S/C24H32N2O4/c1-17(2)19-11-13-20(14-12-19)25-22(27)21(26-23(28)30-24(3,4)5)16-29-15-18-9-7-6-8-10-18/h6-14,17,21H,15-16H2,1-5H3,(H,25,27)(H,26,28)/t21-/m0/s1. The zero-order valence-electron chi connectivity index (χ0n) is 18.4. The Morgan fingerprint density at radius 1 is 0.967 bits per heavy atom. The average Bonchev–Trinajstić information content (AvgIpc) is 2.67. The molecule has 0 fully saturated rings. The molecule has 0 radical (unpaired) electrons. The molecular formula is C24H32N2O4. The van der Waals surface area contributed by atoms with Crippen molar-refractivity contribution in [1.82, 2.24) is 5.32 Å².